The molecular weight excluding hydrogens is 301 g/mol. The van der Waals surface area contributed by atoms with Gasteiger partial charge in [-0.1, -0.05) is 12.5 Å². The van der Waals surface area contributed by atoms with E-state index in [9.17, 15) is 0 Å². The first kappa shape index (κ1) is 17.2. The van der Waals surface area contributed by atoms with Gasteiger partial charge in [-0.15, -0.1) is 21.9 Å². The number of amidine groups is 1. The number of methoxy groups -OCH3 is 1. The van der Waals surface area contributed by atoms with Crippen molar-refractivity contribution < 1.29 is 4.74 Å². The average Bonchev–Trinajstić information content (AvgIpc) is 2.44. The van der Waals surface area contributed by atoms with Crippen molar-refractivity contribution in [2.75, 3.05) is 14.2 Å². The molecule has 0 heterocycles. The number of rotatable bonds is 3. The maximum Gasteiger partial charge on any atom is 0.129 e. The van der Waals surface area contributed by atoms with Crippen LogP contribution in [0.1, 0.15) is 5.56 Å². The molecule has 0 radical (unpaired) electrons. The van der Waals surface area contributed by atoms with E-state index in [1.54, 1.807) is 14.2 Å². The molecule has 0 saturated heterocycles. The topological polar surface area (TPSA) is 73.6 Å². The van der Waals surface area contributed by atoms with Gasteiger partial charge in [0.15, 0.2) is 0 Å². The minimum Gasteiger partial charge on any atom is -0.497 e. The van der Waals surface area contributed by atoms with Crippen LogP contribution in [-0.4, -0.2) is 20.0 Å². The number of allylic oxidation sites excluding steroid dienone is 1. The molecule has 110 valence electrons. The summed E-state index contributed by atoms with van der Waals surface area (Å²) < 4.78 is 5.19. The van der Waals surface area contributed by atoms with Crippen molar-refractivity contribution in [2.45, 2.75) is 0 Å². The van der Waals surface area contributed by atoms with Crippen molar-refractivity contribution in [3.8, 4) is 17.6 Å². The van der Waals surface area contributed by atoms with E-state index in [4.69, 9.17) is 16.2 Å². The molecule has 4 nitrogen and oxygen atoms in total. The third kappa shape index (κ3) is 4.86. The molecule has 0 amide bonds. The van der Waals surface area contributed by atoms with Crippen LogP contribution >= 0.6 is 21.9 Å². The summed E-state index contributed by atoms with van der Waals surface area (Å²) >= 11 is 4.17. The van der Waals surface area contributed by atoms with Gasteiger partial charge in [0, 0.05) is 17.5 Å². The van der Waals surface area contributed by atoms with E-state index in [-0.39, 0.29) is 11.5 Å². The Hall–Kier alpha value is -1.89. The standard InChI is InChI=1S/C15H18N3OPS/c1-9(21)14(15(17)18-2)13(16)5-4-10-6-11(19-3)8-12(20)7-10/h6-8,21H,1,16,20H2,2-3H3,(H2,17,18). The molecule has 0 aliphatic rings. The maximum atomic E-state index is 5.95. The number of aliphatic imine (C=N–C) groups is 1. The average molecular weight is 319 g/mol. The first-order chi connectivity index (χ1) is 9.88. The highest BCUT2D eigenvalue weighted by Gasteiger charge is 2.08. The molecule has 1 atom stereocenters. The van der Waals surface area contributed by atoms with Gasteiger partial charge in [0.25, 0.3) is 0 Å². The van der Waals surface area contributed by atoms with Crippen molar-refractivity contribution in [3.63, 3.8) is 0 Å². The van der Waals surface area contributed by atoms with Crippen LogP contribution in [0.4, 0.5) is 0 Å². The van der Waals surface area contributed by atoms with Gasteiger partial charge in [0.05, 0.1) is 18.4 Å². The molecule has 0 aliphatic heterocycles. The zero-order valence-corrected chi connectivity index (χ0v) is 14.0. The van der Waals surface area contributed by atoms with Crippen molar-refractivity contribution in [1.29, 1.82) is 0 Å². The van der Waals surface area contributed by atoms with E-state index in [1.165, 1.54) is 0 Å². The van der Waals surface area contributed by atoms with E-state index < -0.39 is 0 Å². The van der Waals surface area contributed by atoms with Gasteiger partial charge in [-0.3, -0.25) is 4.99 Å². The molecule has 1 aromatic rings. The summed E-state index contributed by atoms with van der Waals surface area (Å²) in [6.45, 7) is 3.72. The molecule has 1 rings (SSSR count). The summed E-state index contributed by atoms with van der Waals surface area (Å²) in [7, 11) is 5.77. The Morgan fingerprint density at radius 3 is 2.57 bits per heavy atom. The number of benzene rings is 1. The first-order valence-electron chi connectivity index (χ1n) is 5.96. The molecule has 1 unspecified atom stereocenters. The van der Waals surface area contributed by atoms with Crippen LogP contribution in [-0.2, 0) is 0 Å². The number of thiol groups is 1. The van der Waals surface area contributed by atoms with Crippen LogP contribution in [0.2, 0.25) is 0 Å². The fraction of sp³-hybridized carbons (Fsp3) is 0.133. The van der Waals surface area contributed by atoms with Gasteiger partial charge >= 0.3 is 0 Å². The SMILES string of the molecule is C=C(S)C(C(N)=NC)=C(N)C#Cc1cc(P)cc(OC)c1. The Morgan fingerprint density at radius 2 is 2.05 bits per heavy atom. The third-order valence-electron chi connectivity index (χ3n) is 2.56. The van der Waals surface area contributed by atoms with Gasteiger partial charge in [-0.2, -0.15) is 0 Å². The minimum absolute atomic E-state index is 0.249. The zero-order chi connectivity index (χ0) is 16.0. The van der Waals surface area contributed by atoms with Crippen LogP contribution in [0.5, 0.6) is 5.75 Å². The van der Waals surface area contributed by atoms with Crippen molar-refractivity contribution in [1.82, 2.24) is 0 Å². The van der Waals surface area contributed by atoms with Gasteiger partial charge < -0.3 is 16.2 Å². The molecule has 4 N–H and O–H groups in total. The maximum absolute atomic E-state index is 5.95. The number of nitrogens with two attached hydrogens (primary N) is 2. The molecular formula is C15H18N3OPS. The van der Waals surface area contributed by atoms with E-state index in [1.807, 2.05) is 18.2 Å². The summed E-state index contributed by atoms with van der Waals surface area (Å²) in [6, 6.07) is 5.61. The van der Waals surface area contributed by atoms with Crippen LogP contribution in [0.15, 0.2) is 45.9 Å². The smallest absolute Gasteiger partial charge is 0.129 e. The molecule has 0 aromatic heterocycles. The lowest BCUT2D eigenvalue weighted by Crippen LogP contribution is -2.19. The predicted octanol–water partition coefficient (Wildman–Crippen LogP) is 1.19. The van der Waals surface area contributed by atoms with Crippen molar-refractivity contribution >= 4 is 33.0 Å². The summed E-state index contributed by atoms with van der Waals surface area (Å²) in [5.41, 5.74) is 13.2. The molecule has 0 saturated carbocycles. The number of hydrogen-bond acceptors (Lipinski definition) is 4. The van der Waals surface area contributed by atoms with Gasteiger partial charge in [-0.25, -0.2) is 0 Å². The minimum atomic E-state index is 0.249. The molecule has 0 bridgehead atoms. The third-order valence-corrected chi connectivity index (χ3v) is 3.12. The van der Waals surface area contributed by atoms with Crippen LogP contribution in [0.3, 0.4) is 0 Å². The molecule has 0 aliphatic carbocycles. The molecule has 0 fully saturated rings. The fourth-order valence-corrected chi connectivity index (χ4v) is 2.15. The van der Waals surface area contributed by atoms with E-state index >= 15 is 0 Å². The number of nitrogens with zero attached hydrogens (tertiary/aromatic N) is 1. The largest absolute Gasteiger partial charge is 0.497 e. The molecule has 6 heteroatoms. The van der Waals surface area contributed by atoms with Gasteiger partial charge in [0.1, 0.15) is 11.6 Å². The Kier molecular flexibility index (Phi) is 6.36. The Morgan fingerprint density at radius 1 is 1.38 bits per heavy atom. The second kappa shape index (κ2) is 7.78. The summed E-state index contributed by atoms with van der Waals surface area (Å²) in [4.78, 5) is 4.30. The highest BCUT2D eigenvalue weighted by atomic mass is 32.1. The van der Waals surface area contributed by atoms with Crippen molar-refractivity contribution in [2.24, 2.45) is 16.5 Å². The van der Waals surface area contributed by atoms with Gasteiger partial charge in [0.2, 0.25) is 0 Å². The van der Waals surface area contributed by atoms with Crippen LogP contribution in [0, 0.1) is 11.8 Å². The molecule has 21 heavy (non-hydrogen) atoms. The predicted molar refractivity (Wildman–Crippen MR) is 96.1 cm³/mol. The number of hydrogen-bond donors (Lipinski definition) is 3. The van der Waals surface area contributed by atoms with E-state index in [0.29, 0.717) is 10.5 Å². The number of ether oxygens (including phenoxy) is 1. The zero-order valence-electron chi connectivity index (χ0n) is 12.0. The van der Waals surface area contributed by atoms with E-state index in [2.05, 4.69) is 45.3 Å². The second-order valence-electron chi connectivity index (χ2n) is 4.09. The summed E-state index contributed by atoms with van der Waals surface area (Å²) in [5.74, 6) is 6.78. The Balaban J connectivity index is 3.27. The lowest BCUT2D eigenvalue weighted by atomic mass is 10.1. The van der Waals surface area contributed by atoms with Crippen LogP contribution < -0.4 is 21.5 Å². The molecule has 1 aromatic carbocycles. The Labute approximate surface area is 133 Å². The quantitative estimate of drug-likeness (QED) is 0.196. The molecule has 0 spiro atoms. The van der Waals surface area contributed by atoms with Crippen molar-refractivity contribution in [3.05, 3.63) is 46.5 Å². The highest BCUT2D eigenvalue weighted by molar-refractivity contribution is 7.84. The second-order valence-corrected chi connectivity index (χ2v) is 5.30. The van der Waals surface area contributed by atoms with Gasteiger partial charge in [-0.05, 0) is 29.4 Å². The lowest BCUT2D eigenvalue weighted by molar-refractivity contribution is 0.415. The summed E-state index contributed by atoms with van der Waals surface area (Å²) in [5, 5.41) is 0.967. The highest BCUT2D eigenvalue weighted by Crippen LogP contribution is 2.15. The lowest BCUT2D eigenvalue weighted by Gasteiger charge is -2.06. The van der Waals surface area contributed by atoms with E-state index in [0.717, 1.165) is 16.6 Å². The fourth-order valence-electron chi connectivity index (χ4n) is 1.57. The summed E-state index contributed by atoms with van der Waals surface area (Å²) in [6.07, 6.45) is 0. The normalized spacial score (nSPS) is 12.1. The Bertz CT molecular complexity index is 684. The monoisotopic (exact) mass is 319 g/mol. The van der Waals surface area contributed by atoms with Crippen LogP contribution in [0.25, 0.3) is 0 Å². The first-order valence-corrected chi connectivity index (χ1v) is 6.98.